The topological polar surface area (TPSA) is 111 Å². The number of amides is 4. The van der Waals surface area contributed by atoms with Crippen LogP contribution in [0.25, 0.3) is 0 Å². The third kappa shape index (κ3) is 5.05. The predicted octanol–water partition coefficient (Wildman–Crippen LogP) is -0.894. The van der Waals surface area contributed by atoms with E-state index in [9.17, 15) is 14.4 Å². The fourth-order valence-electron chi connectivity index (χ4n) is 4.15. The molecule has 0 saturated carbocycles. The fraction of sp³-hybridized carbons (Fsp3) is 0.833. The summed E-state index contributed by atoms with van der Waals surface area (Å²) in [6.07, 6.45) is 0.988. The maximum absolute atomic E-state index is 12.3. The molecule has 28 heavy (non-hydrogen) atoms. The van der Waals surface area contributed by atoms with Crippen LogP contribution in [0.2, 0.25) is 0 Å². The van der Waals surface area contributed by atoms with Gasteiger partial charge >= 0.3 is 12.1 Å². The number of carbonyl (C=O) groups is 3. The molecule has 1 spiro atoms. The number of ether oxygens (including phenoxy) is 1. The maximum atomic E-state index is 12.3. The fourth-order valence-corrected chi connectivity index (χ4v) is 4.15. The van der Waals surface area contributed by atoms with E-state index in [0.717, 1.165) is 39.3 Å². The summed E-state index contributed by atoms with van der Waals surface area (Å²) in [6.45, 7) is 10.6. The first kappa shape index (κ1) is 20.7. The van der Waals surface area contributed by atoms with Crippen LogP contribution in [0.15, 0.2) is 0 Å². The van der Waals surface area contributed by atoms with E-state index in [4.69, 9.17) is 10.5 Å². The quantitative estimate of drug-likeness (QED) is 0.602. The molecule has 0 aromatic heterocycles. The minimum atomic E-state index is -0.710. The molecule has 10 nitrogen and oxygen atoms in total. The van der Waals surface area contributed by atoms with Gasteiger partial charge in [-0.05, 0) is 6.54 Å². The second-order valence-corrected chi connectivity index (χ2v) is 7.85. The van der Waals surface area contributed by atoms with Crippen molar-refractivity contribution in [3.63, 3.8) is 0 Å². The van der Waals surface area contributed by atoms with E-state index in [1.165, 1.54) is 0 Å². The van der Waals surface area contributed by atoms with Gasteiger partial charge in [0.1, 0.15) is 5.60 Å². The number of nitrogens with two attached hydrogens (primary N) is 1. The molecule has 3 saturated heterocycles. The number of rotatable bonds is 6. The molecule has 4 amide bonds. The Labute approximate surface area is 165 Å². The molecule has 0 bridgehead atoms. The number of urea groups is 1. The lowest BCUT2D eigenvalue weighted by molar-refractivity contribution is -0.133. The van der Waals surface area contributed by atoms with E-state index < -0.39 is 11.6 Å². The monoisotopic (exact) mass is 396 g/mol. The molecular formula is C18H32N6O4. The summed E-state index contributed by atoms with van der Waals surface area (Å²) in [5.74, 6) is -0.166. The lowest BCUT2D eigenvalue weighted by Crippen LogP contribution is -2.51. The average Bonchev–Trinajstić information content (AvgIpc) is 3.00. The molecular weight excluding hydrogens is 364 g/mol. The van der Waals surface area contributed by atoms with E-state index in [0.29, 0.717) is 39.0 Å². The van der Waals surface area contributed by atoms with Crippen LogP contribution in [0.5, 0.6) is 0 Å². The zero-order valence-electron chi connectivity index (χ0n) is 16.7. The van der Waals surface area contributed by atoms with Crippen LogP contribution >= 0.6 is 0 Å². The van der Waals surface area contributed by atoms with Gasteiger partial charge in [0, 0.05) is 65.2 Å². The van der Waals surface area contributed by atoms with Gasteiger partial charge in [-0.1, -0.05) is 6.92 Å². The second kappa shape index (κ2) is 8.95. The molecule has 3 heterocycles. The first-order chi connectivity index (χ1) is 13.4. The summed E-state index contributed by atoms with van der Waals surface area (Å²) in [5.41, 5.74) is 4.51. The number of primary amides is 1. The van der Waals surface area contributed by atoms with Crippen molar-refractivity contribution in [2.75, 3.05) is 72.0 Å². The van der Waals surface area contributed by atoms with Crippen molar-refractivity contribution < 1.29 is 19.1 Å². The Morgan fingerprint density at radius 2 is 1.71 bits per heavy atom. The molecule has 0 aromatic carbocycles. The highest BCUT2D eigenvalue weighted by Crippen LogP contribution is 2.33. The molecule has 0 aliphatic carbocycles. The summed E-state index contributed by atoms with van der Waals surface area (Å²) < 4.78 is 5.74. The van der Waals surface area contributed by atoms with Crippen molar-refractivity contribution in [3.05, 3.63) is 0 Å². The van der Waals surface area contributed by atoms with Gasteiger partial charge in [0.2, 0.25) is 5.91 Å². The Morgan fingerprint density at radius 3 is 2.32 bits per heavy atom. The highest BCUT2D eigenvalue weighted by Gasteiger charge is 2.47. The van der Waals surface area contributed by atoms with Crippen LogP contribution < -0.4 is 11.1 Å². The van der Waals surface area contributed by atoms with Crippen LogP contribution in [-0.4, -0.2) is 115 Å². The Balaban J connectivity index is 1.42. The lowest BCUT2D eigenvalue weighted by Gasteiger charge is -2.37. The van der Waals surface area contributed by atoms with E-state index in [1.54, 1.807) is 9.80 Å². The molecule has 0 aromatic rings. The highest BCUT2D eigenvalue weighted by atomic mass is 16.6. The van der Waals surface area contributed by atoms with Crippen molar-refractivity contribution in [1.29, 1.82) is 0 Å². The number of likely N-dealkylation sites (tertiary alicyclic amines) is 1. The zero-order chi connectivity index (χ0) is 20.1. The molecule has 0 atom stereocenters. The van der Waals surface area contributed by atoms with Gasteiger partial charge in [0.15, 0.2) is 0 Å². The number of hydrogen-bond acceptors (Lipinski definition) is 6. The lowest BCUT2D eigenvalue weighted by atomic mass is 9.91. The first-order valence-electron chi connectivity index (χ1n) is 10.1. The molecule has 0 radical (unpaired) electrons. The molecule has 158 valence electrons. The molecule has 0 unspecified atom stereocenters. The van der Waals surface area contributed by atoms with Crippen LogP contribution in [0, 0.1) is 0 Å². The van der Waals surface area contributed by atoms with Crippen LogP contribution in [0.3, 0.4) is 0 Å². The molecule has 10 heteroatoms. The first-order valence-corrected chi connectivity index (χ1v) is 10.1. The summed E-state index contributed by atoms with van der Waals surface area (Å²) in [6, 6.07) is -0.710. The predicted molar refractivity (Wildman–Crippen MR) is 103 cm³/mol. The van der Waals surface area contributed by atoms with Crippen LogP contribution in [-0.2, 0) is 9.53 Å². The number of hydrogen-bond donors (Lipinski definition) is 2. The molecule has 3 aliphatic heterocycles. The highest BCUT2D eigenvalue weighted by molar-refractivity contribution is 5.83. The zero-order valence-corrected chi connectivity index (χ0v) is 16.7. The van der Waals surface area contributed by atoms with Gasteiger partial charge < -0.3 is 30.5 Å². The van der Waals surface area contributed by atoms with Gasteiger partial charge in [0.05, 0.1) is 13.1 Å². The van der Waals surface area contributed by atoms with E-state index in [-0.39, 0.29) is 18.5 Å². The molecule has 3 rings (SSSR count). The van der Waals surface area contributed by atoms with Crippen molar-refractivity contribution in [2.24, 2.45) is 5.73 Å². The molecule has 3 fully saturated rings. The third-order valence-corrected chi connectivity index (χ3v) is 6.08. The van der Waals surface area contributed by atoms with E-state index in [2.05, 4.69) is 22.0 Å². The van der Waals surface area contributed by atoms with E-state index in [1.807, 2.05) is 0 Å². The van der Waals surface area contributed by atoms with Gasteiger partial charge in [0.25, 0.3) is 0 Å². The largest absolute Gasteiger partial charge is 0.441 e. The third-order valence-electron chi connectivity index (χ3n) is 6.08. The van der Waals surface area contributed by atoms with E-state index >= 15 is 0 Å². The normalized spacial score (nSPS) is 23.1. The number of piperazine rings is 1. The van der Waals surface area contributed by atoms with Crippen molar-refractivity contribution in [1.82, 2.24) is 24.9 Å². The van der Waals surface area contributed by atoms with Gasteiger partial charge in [-0.25, -0.2) is 9.59 Å². The SMILES string of the molecule is CCN1CCN(CCN2CC3(CCN(C(=O)CNC(N)=O)CC3)OC2=O)CC1. The van der Waals surface area contributed by atoms with Crippen molar-refractivity contribution >= 4 is 18.0 Å². The number of carbonyl (C=O) groups excluding carboxylic acids is 3. The minimum Gasteiger partial charge on any atom is -0.441 e. The summed E-state index contributed by atoms with van der Waals surface area (Å²) in [5, 5.41) is 2.32. The van der Waals surface area contributed by atoms with Crippen LogP contribution in [0.1, 0.15) is 19.8 Å². The Hall–Kier alpha value is -2.07. The second-order valence-electron chi connectivity index (χ2n) is 7.85. The minimum absolute atomic E-state index is 0.0977. The maximum Gasteiger partial charge on any atom is 0.410 e. The Kier molecular flexibility index (Phi) is 6.61. The number of likely N-dealkylation sites (N-methyl/N-ethyl adjacent to an activating group) is 1. The number of nitrogens with zero attached hydrogens (tertiary/aromatic N) is 4. The van der Waals surface area contributed by atoms with Crippen molar-refractivity contribution in [2.45, 2.75) is 25.4 Å². The van der Waals surface area contributed by atoms with Gasteiger partial charge in [-0.2, -0.15) is 0 Å². The van der Waals surface area contributed by atoms with Crippen LogP contribution in [0.4, 0.5) is 9.59 Å². The smallest absolute Gasteiger partial charge is 0.410 e. The Bertz CT molecular complexity index is 585. The standard InChI is InChI=1S/C18H32N6O4/c1-2-21-7-9-22(10-8-21)11-12-24-14-18(28-17(24)27)3-5-23(6-4-18)15(25)13-20-16(19)26/h2-14H2,1H3,(H3,19,20,26). The summed E-state index contributed by atoms with van der Waals surface area (Å²) >= 11 is 0. The van der Waals surface area contributed by atoms with Crippen molar-refractivity contribution in [3.8, 4) is 0 Å². The molecule has 3 aliphatic rings. The number of nitrogens with one attached hydrogen (secondary N) is 1. The Morgan fingerprint density at radius 1 is 1.07 bits per heavy atom. The molecule has 3 N–H and O–H groups in total. The average molecular weight is 396 g/mol. The number of piperidine rings is 1. The van der Waals surface area contributed by atoms with Gasteiger partial charge in [-0.3, -0.25) is 9.69 Å². The summed E-state index contributed by atoms with van der Waals surface area (Å²) in [4.78, 5) is 43.5. The summed E-state index contributed by atoms with van der Waals surface area (Å²) in [7, 11) is 0. The van der Waals surface area contributed by atoms with Gasteiger partial charge in [-0.15, -0.1) is 0 Å².